The van der Waals surface area contributed by atoms with Crippen LogP contribution in [0.25, 0.3) is 11.0 Å². The van der Waals surface area contributed by atoms with Crippen LogP contribution in [-0.4, -0.2) is 49.4 Å². The molecule has 1 aromatic carbocycles. The number of alkyl halides is 3. The molecule has 1 fully saturated rings. The largest absolute Gasteiger partial charge is 0.523 e. The number of morpholine rings is 1. The maximum atomic E-state index is 12.6. The van der Waals surface area contributed by atoms with Crippen LogP contribution in [0.2, 0.25) is 0 Å². The maximum absolute atomic E-state index is 12.6. The van der Waals surface area contributed by atoms with Gasteiger partial charge in [-0.05, 0) is 25.5 Å². The summed E-state index contributed by atoms with van der Waals surface area (Å²) >= 11 is 0. The van der Waals surface area contributed by atoms with Gasteiger partial charge in [0.1, 0.15) is 5.52 Å². The van der Waals surface area contributed by atoms with Crippen LogP contribution in [0, 0.1) is 6.92 Å². The summed E-state index contributed by atoms with van der Waals surface area (Å²) in [7, 11) is -5.76. The monoisotopic (exact) mass is 391 g/mol. The zero-order chi connectivity index (χ0) is 19.1. The first kappa shape index (κ1) is 18.8. The third-order valence-corrected chi connectivity index (χ3v) is 4.93. The van der Waals surface area contributed by atoms with Crippen LogP contribution in [0.15, 0.2) is 24.5 Å². The molecule has 0 amide bonds. The van der Waals surface area contributed by atoms with Gasteiger partial charge in [0, 0.05) is 18.9 Å². The van der Waals surface area contributed by atoms with E-state index in [1.165, 1.54) is 6.20 Å². The summed E-state index contributed by atoms with van der Waals surface area (Å²) in [6, 6.07) is 3.58. The van der Waals surface area contributed by atoms with Crippen molar-refractivity contribution in [3.05, 3.63) is 30.1 Å². The molecule has 11 heteroatoms. The molecular weight excluding hydrogens is 375 g/mol. The van der Waals surface area contributed by atoms with E-state index in [9.17, 15) is 21.6 Å². The summed E-state index contributed by atoms with van der Waals surface area (Å²) in [5, 5.41) is 0. The molecule has 0 spiro atoms. The van der Waals surface area contributed by atoms with E-state index in [1.54, 1.807) is 24.1 Å². The molecule has 2 aromatic rings. The predicted molar refractivity (Wildman–Crippen MR) is 86.9 cm³/mol. The Kier molecular flexibility index (Phi) is 4.80. The van der Waals surface area contributed by atoms with Crippen molar-refractivity contribution in [1.29, 1.82) is 0 Å². The first-order chi connectivity index (χ1) is 12.1. The lowest BCUT2D eigenvalue weighted by molar-refractivity contribution is -0.133. The van der Waals surface area contributed by atoms with Gasteiger partial charge in [-0.3, -0.25) is 9.97 Å². The van der Waals surface area contributed by atoms with E-state index >= 15 is 0 Å². The van der Waals surface area contributed by atoms with Crippen molar-refractivity contribution in [1.82, 2.24) is 9.97 Å². The van der Waals surface area contributed by atoms with Gasteiger partial charge in [-0.15, -0.1) is 0 Å². The first-order valence-electron chi connectivity index (χ1n) is 7.69. The second-order valence-electron chi connectivity index (χ2n) is 5.93. The molecule has 7 nitrogen and oxygen atoms in total. The molecule has 2 heterocycles. The van der Waals surface area contributed by atoms with E-state index in [4.69, 9.17) is 4.74 Å². The van der Waals surface area contributed by atoms with Gasteiger partial charge in [0.05, 0.1) is 23.9 Å². The SMILES string of the molecule is Cc1ccc(N2C[C@@H](OS(=O)(=O)C(F)(F)F)O[C@H](C)C2)c2nccnc12. The smallest absolute Gasteiger partial charge is 0.362 e. The highest BCUT2D eigenvalue weighted by atomic mass is 32.2. The molecule has 0 aliphatic carbocycles. The topological polar surface area (TPSA) is 81.6 Å². The van der Waals surface area contributed by atoms with Crippen LogP contribution in [0.1, 0.15) is 12.5 Å². The van der Waals surface area contributed by atoms with Crippen molar-refractivity contribution in [3.8, 4) is 0 Å². The van der Waals surface area contributed by atoms with Gasteiger partial charge in [-0.2, -0.15) is 21.6 Å². The summed E-state index contributed by atoms with van der Waals surface area (Å²) in [5.41, 5.74) is -2.77. The van der Waals surface area contributed by atoms with Gasteiger partial charge in [-0.25, -0.2) is 4.18 Å². The van der Waals surface area contributed by atoms with E-state index in [2.05, 4.69) is 14.2 Å². The number of halogens is 3. The fraction of sp³-hybridized carbons (Fsp3) is 0.467. The minimum absolute atomic E-state index is 0.200. The van der Waals surface area contributed by atoms with Crippen molar-refractivity contribution >= 4 is 26.8 Å². The van der Waals surface area contributed by atoms with E-state index in [-0.39, 0.29) is 6.54 Å². The fourth-order valence-corrected chi connectivity index (χ4v) is 3.28. The Morgan fingerprint density at radius 2 is 1.85 bits per heavy atom. The number of nitrogens with zero attached hydrogens (tertiary/aromatic N) is 3. The number of hydrogen-bond acceptors (Lipinski definition) is 7. The second kappa shape index (κ2) is 6.63. The van der Waals surface area contributed by atoms with Crippen LogP contribution >= 0.6 is 0 Å². The molecule has 0 N–H and O–H groups in total. The van der Waals surface area contributed by atoms with Crippen molar-refractivity contribution in [2.45, 2.75) is 31.7 Å². The number of rotatable bonds is 3. The van der Waals surface area contributed by atoms with Crippen molar-refractivity contribution in [2.75, 3.05) is 18.0 Å². The Bertz CT molecular complexity index is 920. The molecule has 1 aromatic heterocycles. The minimum Gasteiger partial charge on any atom is -0.362 e. The molecular formula is C15H16F3N3O4S. The summed E-state index contributed by atoms with van der Waals surface area (Å²) in [5.74, 6) is 0. The third-order valence-electron chi connectivity index (χ3n) is 3.89. The highest BCUT2D eigenvalue weighted by molar-refractivity contribution is 7.87. The molecule has 142 valence electrons. The minimum atomic E-state index is -5.76. The normalized spacial score (nSPS) is 22.0. The third kappa shape index (κ3) is 3.60. The van der Waals surface area contributed by atoms with E-state index in [0.717, 1.165) is 5.56 Å². The van der Waals surface area contributed by atoms with Crippen molar-refractivity contribution in [3.63, 3.8) is 0 Å². The summed E-state index contributed by atoms with van der Waals surface area (Å²) in [4.78, 5) is 10.2. The van der Waals surface area contributed by atoms with Crippen LogP contribution < -0.4 is 4.90 Å². The number of aryl methyl sites for hydroxylation is 1. The average molecular weight is 391 g/mol. The zero-order valence-corrected chi connectivity index (χ0v) is 14.7. The summed E-state index contributed by atoms with van der Waals surface area (Å²) in [6.45, 7) is 3.62. The van der Waals surface area contributed by atoms with Crippen LogP contribution in [-0.2, 0) is 19.0 Å². The highest BCUT2D eigenvalue weighted by Crippen LogP contribution is 2.31. The molecule has 3 rings (SSSR count). The number of fused-ring (bicyclic) bond motifs is 1. The lowest BCUT2D eigenvalue weighted by Crippen LogP contribution is -2.49. The Labute approximate surface area is 147 Å². The van der Waals surface area contributed by atoms with Crippen LogP contribution in [0.3, 0.4) is 0 Å². The van der Waals surface area contributed by atoms with Gasteiger partial charge in [-0.1, -0.05) is 6.07 Å². The van der Waals surface area contributed by atoms with Gasteiger partial charge in [0.2, 0.25) is 0 Å². The lowest BCUT2D eigenvalue weighted by Gasteiger charge is -2.37. The zero-order valence-electron chi connectivity index (χ0n) is 13.9. The van der Waals surface area contributed by atoms with Crippen molar-refractivity contribution in [2.24, 2.45) is 0 Å². The van der Waals surface area contributed by atoms with Crippen LogP contribution in [0.5, 0.6) is 0 Å². The molecule has 2 atom stereocenters. The van der Waals surface area contributed by atoms with Gasteiger partial charge in [0.15, 0.2) is 6.29 Å². The number of anilines is 1. The van der Waals surface area contributed by atoms with Crippen LogP contribution in [0.4, 0.5) is 18.9 Å². The van der Waals surface area contributed by atoms with Gasteiger partial charge >= 0.3 is 15.6 Å². The van der Waals surface area contributed by atoms with E-state index in [1.807, 2.05) is 13.0 Å². The number of benzene rings is 1. The number of hydrogen-bond donors (Lipinski definition) is 0. The predicted octanol–water partition coefficient (Wildman–Crippen LogP) is 2.36. The molecule has 0 radical (unpaired) electrons. The molecule has 1 saturated heterocycles. The molecule has 0 bridgehead atoms. The summed E-state index contributed by atoms with van der Waals surface area (Å²) < 4.78 is 69.7. The lowest BCUT2D eigenvalue weighted by atomic mass is 10.1. The quantitative estimate of drug-likeness (QED) is 0.587. The number of ether oxygens (including phenoxy) is 1. The molecule has 0 saturated carbocycles. The standard InChI is InChI=1S/C15H16F3N3O4S/c1-9-3-4-11(14-13(9)19-5-6-20-14)21-7-10(2)24-12(8-21)25-26(22,23)15(16,17)18/h3-6,10,12H,7-8H2,1-2H3/t10-,12-/m1/s1. The maximum Gasteiger partial charge on any atom is 0.523 e. The van der Waals surface area contributed by atoms with E-state index < -0.39 is 28.0 Å². The Morgan fingerprint density at radius 3 is 2.50 bits per heavy atom. The molecule has 1 aliphatic rings. The van der Waals surface area contributed by atoms with Gasteiger partial charge in [0.25, 0.3) is 0 Å². The molecule has 0 unspecified atom stereocenters. The van der Waals surface area contributed by atoms with E-state index in [0.29, 0.717) is 23.3 Å². The first-order valence-corrected chi connectivity index (χ1v) is 9.09. The van der Waals surface area contributed by atoms with Gasteiger partial charge < -0.3 is 9.64 Å². The average Bonchev–Trinajstić information content (AvgIpc) is 2.53. The molecule has 26 heavy (non-hydrogen) atoms. The highest BCUT2D eigenvalue weighted by Gasteiger charge is 2.49. The summed E-state index contributed by atoms with van der Waals surface area (Å²) in [6.07, 6.45) is 0.920. The Hall–Kier alpha value is -1.98. The number of aromatic nitrogens is 2. The van der Waals surface area contributed by atoms with Crippen molar-refractivity contribution < 1.29 is 30.5 Å². The Balaban J connectivity index is 1.91. The Morgan fingerprint density at radius 1 is 1.19 bits per heavy atom. The molecule has 1 aliphatic heterocycles. The fourth-order valence-electron chi connectivity index (χ4n) is 2.79. The second-order valence-corrected chi connectivity index (χ2v) is 7.50.